The van der Waals surface area contributed by atoms with E-state index >= 15 is 0 Å². The van der Waals surface area contributed by atoms with Gasteiger partial charge in [0.1, 0.15) is 5.56 Å². The molecule has 1 aliphatic carbocycles. The number of hydrogen-bond acceptors (Lipinski definition) is 4. The standard InChI is InChI=1S/C14H19N3O3/c1-10-4-2-5-12(17(19)20)13(10)14(18)16-9-3-8-15-11-6-7-11/h2,4-5,11,15H,3,6-9H2,1H3,(H,16,18). The van der Waals surface area contributed by atoms with E-state index in [9.17, 15) is 14.9 Å². The molecule has 1 amide bonds. The Labute approximate surface area is 117 Å². The first-order chi connectivity index (χ1) is 9.59. The second kappa shape index (κ2) is 6.47. The number of carbonyl (C=O) groups excluding carboxylic acids is 1. The summed E-state index contributed by atoms with van der Waals surface area (Å²) in [6.07, 6.45) is 3.30. The van der Waals surface area contributed by atoms with Crippen LogP contribution >= 0.6 is 0 Å². The summed E-state index contributed by atoms with van der Waals surface area (Å²) in [5.74, 6) is -0.374. The van der Waals surface area contributed by atoms with Crippen molar-refractivity contribution in [3.63, 3.8) is 0 Å². The van der Waals surface area contributed by atoms with E-state index in [1.54, 1.807) is 19.1 Å². The largest absolute Gasteiger partial charge is 0.352 e. The molecule has 0 saturated heterocycles. The number of nitrogens with one attached hydrogen (secondary N) is 2. The zero-order valence-electron chi connectivity index (χ0n) is 11.5. The predicted octanol–water partition coefficient (Wildman–Crippen LogP) is 1.78. The van der Waals surface area contributed by atoms with Crippen LogP contribution in [-0.4, -0.2) is 30.0 Å². The van der Waals surface area contributed by atoms with Gasteiger partial charge in [-0.3, -0.25) is 14.9 Å². The Kier molecular flexibility index (Phi) is 4.68. The minimum absolute atomic E-state index is 0.140. The Hall–Kier alpha value is -1.95. The van der Waals surface area contributed by atoms with Gasteiger partial charge in [0.05, 0.1) is 4.92 Å². The number of carbonyl (C=O) groups is 1. The van der Waals surface area contributed by atoms with E-state index in [0.717, 1.165) is 13.0 Å². The fraction of sp³-hybridized carbons (Fsp3) is 0.500. The smallest absolute Gasteiger partial charge is 0.282 e. The molecule has 0 bridgehead atoms. The molecule has 20 heavy (non-hydrogen) atoms. The summed E-state index contributed by atoms with van der Waals surface area (Å²) in [6, 6.07) is 5.31. The quantitative estimate of drug-likeness (QED) is 0.452. The molecule has 0 unspecified atom stereocenters. The summed E-state index contributed by atoms with van der Waals surface area (Å²) >= 11 is 0. The highest BCUT2D eigenvalue weighted by molar-refractivity contribution is 5.99. The molecule has 6 nitrogen and oxygen atoms in total. The Bertz CT molecular complexity index is 512. The van der Waals surface area contributed by atoms with Crippen LogP contribution in [0.2, 0.25) is 0 Å². The van der Waals surface area contributed by atoms with Crippen molar-refractivity contribution in [3.05, 3.63) is 39.4 Å². The van der Waals surface area contributed by atoms with Crippen molar-refractivity contribution in [2.24, 2.45) is 0 Å². The molecular formula is C14H19N3O3. The first-order valence-corrected chi connectivity index (χ1v) is 6.85. The second-order valence-corrected chi connectivity index (χ2v) is 5.06. The lowest BCUT2D eigenvalue weighted by atomic mass is 10.1. The van der Waals surface area contributed by atoms with E-state index in [1.165, 1.54) is 18.9 Å². The number of amides is 1. The van der Waals surface area contributed by atoms with E-state index in [2.05, 4.69) is 10.6 Å². The normalized spacial score (nSPS) is 14.1. The summed E-state index contributed by atoms with van der Waals surface area (Å²) in [7, 11) is 0. The Morgan fingerprint density at radius 3 is 2.80 bits per heavy atom. The molecule has 0 atom stereocenters. The minimum atomic E-state index is -0.517. The summed E-state index contributed by atoms with van der Waals surface area (Å²) in [5, 5.41) is 17.0. The highest BCUT2D eigenvalue weighted by Gasteiger charge is 2.22. The van der Waals surface area contributed by atoms with Crippen LogP contribution in [0.25, 0.3) is 0 Å². The SMILES string of the molecule is Cc1cccc([N+](=O)[O-])c1C(=O)NCCCNC1CC1. The van der Waals surface area contributed by atoms with Crippen molar-refractivity contribution in [1.29, 1.82) is 0 Å². The summed E-state index contributed by atoms with van der Waals surface area (Å²) in [5.41, 5.74) is 0.638. The molecule has 0 aliphatic heterocycles. The Balaban J connectivity index is 1.89. The summed E-state index contributed by atoms with van der Waals surface area (Å²) in [6.45, 7) is 3.08. The van der Waals surface area contributed by atoms with Gasteiger partial charge in [-0.25, -0.2) is 0 Å². The van der Waals surface area contributed by atoms with Crippen molar-refractivity contribution in [2.45, 2.75) is 32.2 Å². The van der Waals surface area contributed by atoms with E-state index in [4.69, 9.17) is 0 Å². The van der Waals surface area contributed by atoms with Gasteiger partial charge in [0.2, 0.25) is 0 Å². The number of aryl methyl sites for hydroxylation is 1. The third-order valence-corrected chi connectivity index (χ3v) is 3.32. The Morgan fingerprint density at radius 2 is 2.15 bits per heavy atom. The molecule has 0 spiro atoms. The van der Waals surface area contributed by atoms with Crippen molar-refractivity contribution in [3.8, 4) is 0 Å². The van der Waals surface area contributed by atoms with Crippen LogP contribution in [0.4, 0.5) is 5.69 Å². The highest BCUT2D eigenvalue weighted by atomic mass is 16.6. The van der Waals surface area contributed by atoms with Crippen molar-refractivity contribution < 1.29 is 9.72 Å². The van der Waals surface area contributed by atoms with Crippen molar-refractivity contribution in [2.75, 3.05) is 13.1 Å². The van der Waals surface area contributed by atoms with Gasteiger partial charge in [0.15, 0.2) is 0 Å². The van der Waals surface area contributed by atoms with E-state index in [1.807, 2.05) is 0 Å². The van der Waals surface area contributed by atoms with Gasteiger partial charge in [-0.05, 0) is 38.3 Å². The van der Waals surface area contributed by atoms with Crippen LogP contribution in [0.3, 0.4) is 0 Å². The molecule has 1 aromatic carbocycles. The maximum absolute atomic E-state index is 12.1. The first-order valence-electron chi connectivity index (χ1n) is 6.85. The zero-order chi connectivity index (χ0) is 14.5. The molecule has 2 rings (SSSR count). The highest BCUT2D eigenvalue weighted by Crippen LogP contribution is 2.21. The average Bonchev–Trinajstić information content (AvgIpc) is 3.21. The third-order valence-electron chi connectivity index (χ3n) is 3.32. The fourth-order valence-electron chi connectivity index (χ4n) is 2.07. The lowest BCUT2D eigenvalue weighted by Gasteiger charge is -2.08. The lowest BCUT2D eigenvalue weighted by Crippen LogP contribution is -2.29. The molecule has 0 radical (unpaired) electrons. The number of rotatable bonds is 7. The zero-order valence-corrected chi connectivity index (χ0v) is 11.5. The Morgan fingerprint density at radius 1 is 1.40 bits per heavy atom. The van der Waals surface area contributed by atoms with Gasteiger partial charge in [0, 0.05) is 18.7 Å². The van der Waals surface area contributed by atoms with Crippen molar-refractivity contribution >= 4 is 11.6 Å². The molecule has 0 aromatic heterocycles. The first kappa shape index (κ1) is 14.5. The molecular weight excluding hydrogens is 258 g/mol. The number of nitro groups is 1. The molecule has 2 N–H and O–H groups in total. The summed E-state index contributed by atoms with van der Waals surface area (Å²) in [4.78, 5) is 22.5. The van der Waals surface area contributed by atoms with E-state index in [0.29, 0.717) is 18.2 Å². The number of nitrogens with zero attached hydrogens (tertiary/aromatic N) is 1. The van der Waals surface area contributed by atoms with Gasteiger partial charge < -0.3 is 10.6 Å². The average molecular weight is 277 g/mol. The van der Waals surface area contributed by atoms with Gasteiger partial charge in [-0.1, -0.05) is 12.1 Å². The molecule has 0 heterocycles. The number of benzene rings is 1. The molecule has 1 fully saturated rings. The molecule has 1 aromatic rings. The molecule has 6 heteroatoms. The van der Waals surface area contributed by atoms with Crippen LogP contribution in [0, 0.1) is 17.0 Å². The second-order valence-electron chi connectivity index (χ2n) is 5.06. The van der Waals surface area contributed by atoms with E-state index < -0.39 is 4.92 Å². The number of nitro benzene ring substituents is 1. The van der Waals surface area contributed by atoms with Crippen LogP contribution < -0.4 is 10.6 Å². The van der Waals surface area contributed by atoms with Gasteiger partial charge in [-0.15, -0.1) is 0 Å². The van der Waals surface area contributed by atoms with E-state index in [-0.39, 0.29) is 17.2 Å². The van der Waals surface area contributed by atoms with Crippen LogP contribution in [0.1, 0.15) is 35.2 Å². The monoisotopic (exact) mass is 277 g/mol. The van der Waals surface area contributed by atoms with Gasteiger partial charge >= 0.3 is 0 Å². The van der Waals surface area contributed by atoms with Crippen LogP contribution in [0.5, 0.6) is 0 Å². The van der Waals surface area contributed by atoms with Crippen molar-refractivity contribution in [1.82, 2.24) is 10.6 Å². The molecule has 1 aliphatic rings. The van der Waals surface area contributed by atoms with Crippen LogP contribution in [0.15, 0.2) is 18.2 Å². The maximum Gasteiger partial charge on any atom is 0.282 e. The molecule has 108 valence electrons. The lowest BCUT2D eigenvalue weighted by molar-refractivity contribution is -0.385. The van der Waals surface area contributed by atoms with Crippen LogP contribution in [-0.2, 0) is 0 Å². The molecule has 1 saturated carbocycles. The topological polar surface area (TPSA) is 84.3 Å². The predicted molar refractivity (Wildman–Crippen MR) is 75.8 cm³/mol. The third kappa shape index (κ3) is 3.77. The van der Waals surface area contributed by atoms with Gasteiger partial charge in [-0.2, -0.15) is 0 Å². The summed E-state index contributed by atoms with van der Waals surface area (Å²) < 4.78 is 0. The van der Waals surface area contributed by atoms with Gasteiger partial charge in [0.25, 0.3) is 11.6 Å². The minimum Gasteiger partial charge on any atom is -0.352 e. The maximum atomic E-state index is 12.1. The fourth-order valence-corrected chi connectivity index (χ4v) is 2.07. The number of hydrogen-bond donors (Lipinski definition) is 2.